The molecule has 4 bridgehead atoms. The summed E-state index contributed by atoms with van der Waals surface area (Å²) in [6, 6.07) is 14.6. The summed E-state index contributed by atoms with van der Waals surface area (Å²) in [6.07, 6.45) is 10.9. The third-order valence-electron chi connectivity index (χ3n) is 9.82. The molecule has 0 N–H and O–H groups in total. The molecule has 8 rings (SSSR count). The number of piperazine rings is 1. The summed E-state index contributed by atoms with van der Waals surface area (Å²) in [6.45, 7) is 5.90. The normalized spacial score (nSPS) is 24.7. The molecule has 4 aromatic rings. The maximum Gasteiger partial charge on any atom is 0.212 e. The van der Waals surface area contributed by atoms with Crippen LogP contribution in [0.15, 0.2) is 55.1 Å². The van der Waals surface area contributed by atoms with Crippen LogP contribution >= 0.6 is 0 Å². The van der Waals surface area contributed by atoms with Gasteiger partial charge in [0.05, 0.1) is 43.8 Å². The fourth-order valence-corrected chi connectivity index (χ4v) is 7.53. The number of pyridine rings is 3. The van der Waals surface area contributed by atoms with Crippen LogP contribution in [0, 0.1) is 11.3 Å². The lowest BCUT2D eigenvalue weighted by Gasteiger charge is -2.52. The molecule has 0 spiro atoms. The van der Waals surface area contributed by atoms with E-state index in [0.29, 0.717) is 42.2 Å². The Balaban J connectivity index is 0.977. The molecular formula is C33H36N8O3. The molecule has 4 fully saturated rings. The minimum atomic E-state index is 0.485. The van der Waals surface area contributed by atoms with Crippen molar-refractivity contribution in [1.29, 1.82) is 5.26 Å². The number of methoxy groups -OCH3 is 1. The zero-order valence-corrected chi connectivity index (χ0v) is 24.9. The van der Waals surface area contributed by atoms with Crippen LogP contribution in [0.25, 0.3) is 16.6 Å². The van der Waals surface area contributed by atoms with Gasteiger partial charge >= 0.3 is 0 Å². The Kier molecular flexibility index (Phi) is 7.05. The van der Waals surface area contributed by atoms with Gasteiger partial charge in [-0.15, -0.1) is 0 Å². The predicted molar refractivity (Wildman–Crippen MR) is 164 cm³/mol. The van der Waals surface area contributed by atoms with E-state index in [0.717, 1.165) is 67.6 Å². The highest BCUT2D eigenvalue weighted by molar-refractivity contribution is 5.85. The molecule has 0 amide bonds. The molecular weight excluding hydrogens is 556 g/mol. The second kappa shape index (κ2) is 11.4. The summed E-state index contributed by atoms with van der Waals surface area (Å²) >= 11 is 0. The Bertz CT molecular complexity index is 1660. The van der Waals surface area contributed by atoms with E-state index in [-0.39, 0.29) is 0 Å². The van der Waals surface area contributed by atoms with Crippen LogP contribution in [0.2, 0.25) is 0 Å². The first-order chi connectivity index (χ1) is 21.7. The van der Waals surface area contributed by atoms with E-state index in [1.807, 2.05) is 30.7 Å². The van der Waals surface area contributed by atoms with E-state index in [1.165, 1.54) is 24.8 Å². The summed E-state index contributed by atoms with van der Waals surface area (Å²) in [4.78, 5) is 16.8. The van der Waals surface area contributed by atoms with Crippen LogP contribution in [-0.2, 0) is 11.3 Å². The predicted octanol–water partition coefficient (Wildman–Crippen LogP) is 3.38. The first-order valence-electron chi connectivity index (χ1n) is 15.5. The van der Waals surface area contributed by atoms with Crippen LogP contribution in [-0.4, -0.2) is 100 Å². The van der Waals surface area contributed by atoms with Gasteiger partial charge in [0.2, 0.25) is 5.88 Å². The highest BCUT2D eigenvalue weighted by Gasteiger charge is 2.42. The Hall–Kier alpha value is -4.24. The standard InChI is InChI=1S/C33H36N8O3/c1-42-32-7-2-22(13-36-32)16-40-25-4-5-26(40)18-38(17-25)31-6-3-23(14-35-31)30-11-29(19-41-33(30)24(12-34)15-37-41)44-9-8-39-27-10-28(39)21-43-20-27/h2-3,6-7,11,13-15,19,25-28H,4-5,8-10,16-18,20-21H2,1H3. The maximum atomic E-state index is 9.80. The van der Waals surface area contributed by atoms with Crippen molar-refractivity contribution in [3.8, 4) is 28.8 Å². The average Bonchev–Trinajstić information content (AvgIpc) is 3.58. The van der Waals surface area contributed by atoms with E-state index >= 15 is 0 Å². The Morgan fingerprint density at radius 2 is 1.82 bits per heavy atom. The van der Waals surface area contributed by atoms with E-state index in [4.69, 9.17) is 19.2 Å². The molecule has 44 heavy (non-hydrogen) atoms. The Labute approximate surface area is 256 Å². The van der Waals surface area contributed by atoms with Crippen LogP contribution < -0.4 is 14.4 Å². The molecule has 11 nitrogen and oxygen atoms in total. The second-order valence-corrected chi connectivity index (χ2v) is 12.3. The molecule has 4 unspecified atom stereocenters. The summed E-state index contributed by atoms with van der Waals surface area (Å²) < 4.78 is 18.8. The van der Waals surface area contributed by atoms with Crippen molar-refractivity contribution < 1.29 is 14.2 Å². The minimum Gasteiger partial charge on any atom is -0.491 e. The molecule has 4 saturated heterocycles. The topological polar surface area (TPSA) is 104 Å². The first-order valence-corrected chi connectivity index (χ1v) is 15.5. The molecule has 4 aliphatic heterocycles. The van der Waals surface area contributed by atoms with Crippen LogP contribution in [0.1, 0.15) is 30.4 Å². The van der Waals surface area contributed by atoms with Gasteiger partial charge in [0, 0.05) is 79.9 Å². The maximum absolute atomic E-state index is 9.80. The van der Waals surface area contributed by atoms with Gasteiger partial charge < -0.3 is 19.1 Å². The number of nitrogens with zero attached hydrogens (tertiary/aromatic N) is 8. The Morgan fingerprint density at radius 1 is 0.977 bits per heavy atom. The number of hydrogen-bond acceptors (Lipinski definition) is 10. The third-order valence-corrected chi connectivity index (χ3v) is 9.82. The van der Waals surface area contributed by atoms with Crippen molar-refractivity contribution in [3.05, 3.63) is 66.2 Å². The number of morpholine rings is 1. The largest absolute Gasteiger partial charge is 0.491 e. The minimum absolute atomic E-state index is 0.485. The number of aromatic nitrogens is 4. The van der Waals surface area contributed by atoms with Crippen LogP contribution in [0.3, 0.4) is 0 Å². The molecule has 0 saturated carbocycles. The van der Waals surface area contributed by atoms with E-state index in [9.17, 15) is 5.26 Å². The van der Waals surface area contributed by atoms with Crippen molar-refractivity contribution in [2.24, 2.45) is 0 Å². The van der Waals surface area contributed by atoms with Crippen molar-refractivity contribution in [2.75, 3.05) is 51.5 Å². The summed E-state index contributed by atoms with van der Waals surface area (Å²) in [5, 5.41) is 14.3. The number of rotatable bonds is 9. The number of nitriles is 1. The molecule has 0 aliphatic carbocycles. The highest BCUT2D eigenvalue weighted by Crippen LogP contribution is 2.36. The number of hydrogen-bond donors (Lipinski definition) is 0. The van der Waals surface area contributed by atoms with Crippen LogP contribution in [0.4, 0.5) is 5.82 Å². The molecule has 0 radical (unpaired) electrons. The fourth-order valence-electron chi connectivity index (χ4n) is 7.53. The van der Waals surface area contributed by atoms with Gasteiger partial charge in [-0.1, -0.05) is 6.07 Å². The SMILES string of the molecule is COc1ccc(CN2C3CCC2CN(c2ccc(-c4cc(OCCN5C6COCC5C6)cn5ncc(C#N)c45)cn2)C3)cn1. The quantitative estimate of drug-likeness (QED) is 0.287. The lowest BCUT2D eigenvalue weighted by molar-refractivity contribution is -0.129. The Morgan fingerprint density at radius 3 is 2.50 bits per heavy atom. The summed E-state index contributed by atoms with van der Waals surface area (Å²) in [5.41, 5.74) is 4.34. The average molecular weight is 593 g/mol. The number of ether oxygens (including phenoxy) is 3. The second-order valence-electron chi connectivity index (χ2n) is 12.3. The molecule has 226 valence electrons. The van der Waals surface area contributed by atoms with E-state index < -0.39 is 0 Å². The van der Waals surface area contributed by atoms with Gasteiger partial charge in [0.1, 0.15) is 24.2 Å². The van der Waals surface area contributed by atoms with Crippen molar-refractivity contribution in [3.63, 3.8) is 0 Å². The van der Waals surface area contributed by atoms with E-state index in [2.05, 4.69) is 49.1 Å². The number of fused-ring (bicyclic) bond motifs is 5. The molecule has 4 aromatic heterocycles. The first kappa shape index (κ1) is 27.3. The van der Waals surface area contributed by atoms with Crippen molar-refractivity contribution in [1.82, 2.24) is 29.4 Å². The van der Waals surface area contributed by atoms with Crippen molar-refractivity contribution in [2.45, 2.75) is 50.0 Å². The van der Waals surface area contributed by atoms with Gasteiger partial charge in [-0.2, -0.15) is 10.4 Å². The summed E-state index contributed by atoms with van der Waals surface area (Å²) in [7, 11) is 1.64. The van der Waals surface area contributed by atoms with E-state index in [1.54, 1.807) is 17.8 Å². The lowest BCUT2D eigenvalue weighted by Crippen LogP contribution is -2.64. The molecule has 4 aliphatic rings. The molecule has 0 aromatic carbocycles. The van der Waals surface area contributed by atoms with Gasteiger partial charge in [-0.05, 0) is 43.0 Å². The molecule has 8 heterocycles. The highest BCUT2D eigenvalue weighted by atomic mass is 16.5. The van der Waals surface area contributed by atoms with Gasteiger partial charge in [-0.3, -0.25) is 9.80 Å². The fraction of sp³-hybridized carbons (Fsp3) is 0.455. The zero-order valence-electron chi connectivity index (χ0n) is 24.9. The monoisotopic (exact) mass is 592 g/mol. The third kappa shape index (κ3) is 4.93. The molecule has 11 heteroatoms. The van der Waals surface area contributed by atoms with Gasteiger partial charge in [0.25, 0.3) is 0 Å². The lowest BCUT2D eigenvalue weighted by atomic mass is 9.91. The van der Waals surface area contributed by atoms with Gasteiger partial charge in [-0.25, -0.2) is 14.5 Å². The van der Waals surface area contributed by atoms with Gasteiger partial charge in [0.15, 0.2) is 0 Å². The van der Waals surface area contributed by atoms with Crippen LogP contribution in [0.5, 0.6) is 11.6 Å². The molecule has 4 atom stereocenters. The summed E-state index contributed by atoms with van der Waals surface area (Å²) in [5.74, 6) is 2.36. The zero-order chi connectivity index (χ0) is 29.6. The number of anilines is 1. The smallest absolute Gasteiger partial charge is 0.212 e. The van der Waals surface area contributed by atoms with Crippen molar-refractivity contribution >= 4 is 11.3 Å².